The second-order valence-corrected chi connectivity index (χ2v) is 7.40. The van der Waals surface area contributed by atoms with Crippen LogP contribution in [-0.4, -0.2) is 5.11 Å². The summed E-state index contributed by atoms with van der Waals surface area (Å²) < 4.78 is 1.08. The number of aliphatic hydroxyl groups is 1. The van der Waals surface area contributed by atoms with E-state index in [4.69, 9.17) is 0 Å². The van der Waals surface area contributed by atoms with Crippen LogP contribution in [0.25, 0.3) is 0 Å². The Balaban J connectivity index is 1.88. The third-order valence-electron chi connectivity index (χ3n) is 3.95. The molecule has 1 aliphatic rings. The summed E-state index contributed by atoms with van der Waals surface area (Å²) in [7, 11) is 0. The fourth-order valence-corrected chi connectivity index (χ4v) is 4.08. The molecule has 3 heteroatoms. The maximum atomic E-state index is 10.5. The van der Waals surface area contributed by atoms with E-state index >= 15 is 0 Å². The standard InChI is InChI=1S/C16H17BrOS/c1-10-14(17)9-15(19-10)16(18)13-7-3-6-12(8-13)11-4-2-5-11/h3,6-9,11,16,18H,2,4-5H2,1H3. The highest BCUT2D eigenvalue weighted by molar-refractivity contribution is 9.10. The molecule has 1 nitrogen and oxygen atoms in total. The first kappa shape index (κ1) is 13.3. The van der Waals surface area contributed by atoms with Crippen molar-refractivity contribution in [3.8, 4) is 0 Å². The van der Waals surface area contributed by atoms with Gasteiger partial charge < -0.3 is 5.11 Å². The lowest BCUT2D eigenvalue weighted by Crippen LogP contribution is -2.09. The first-order chi connectivity index (χ1) is 9.15. The number of hydrogen-bond acceptors (Lipinski definition) is 2. The summed E-state index contributed by atoms with van der Waals surface area (Å²) in [4.78, 5) is 2.22. The highest BCUT2D eigenvalue weighted by Crippen LogP contribution is 2.38. The average molecular weight is 337 g/mol. The van der Waals surface area contributed by atoms with Crippen LogP contribution in [0.1, 0.15) is 52.2 Å². The van der Waals surface area contributed by atoms with Crippen molar-refractivity contribution in [3.05, 3.63) is 55.7 Å². The molecule has 1 saturated carbocycles. The van der Waals surface area contributed by atoms with E-state index in [-0.39, 0.29) is 0 Å². The minimum Gasteiger partial charge on any atom is -0.383 e. The van der Waals surface area contributed by atoms with Crippen molar-refractivity contribution >= 4 is 27.3 Å². The molecule has 0 amide bonds. The molecule has 0 radical (unpaired) electrons. The van der Waals surface area contributed by atoms with Gasteiger partial charge in [0.05, 0.1) is 0 Å². The van der Waals surface area contributed by atoms with Crippen molar-refractivity contribution < 1.29 is 5.11 Å². The third-order valence-corrected chi connectivity index (χ3v) is 6.14. The Morgan fingerprint density at radius 2 is 2.11 bits per heavy atom. The third kappa shape index (κ3) is 2.64. The molecule has 1 fully saturated rings. The predicted molar refractivity (Wildman–Crippen MR) is 83.9 cm³/mol. The molecule has 0 spiro atoms. The average Bonchev–Trinajstić information content (AvgIpc) is 2.67. The second kappa shape index (κ2) is 5.39. The molecule has 1 unspecified atom stereocenters. The number of aliphatic hydroxyl groups excluding tert-OH is 1. The van der Waals surface area contributed by atoms with Crippen molar-refractivity contribution in [2.75, 3.05) is 0 Å². The Kier molecular flexibility index (Phi) is 3.79. The van der Waals surface area contributed by atoms with Crippen LogP contribution in [0.3, 0.4) is 0 Å². The highest BCUT2D eigenvalue weighted by Gasteiger charge is 2.21. The molecule has 2 aromatic rings. The summed E-state index contributed by atoms with van der Waals surface area (Å²) in [6.45, 7) is 2.07. The topological polar surface area (TPSA) is 20.2 Å². The zero-order valence-corrected chi connectivity index (χ0v) is 13.3. The van der Waals surface area contributed by atoms with Gasteiger partial charge in [-0.2, -0.15) is 0 Å². The first-order valence-corrected chi connectivity index (χ1v) is 8.30. The Labute approximate surface area is 126 Å². The molecule has 100 valence electrons. The maximum Gasteiger partial charge on any atom is 0.113 e. The zero-order valence-electron chi connectivity index (χ0n) is 10.9. The normalized spacial score (nSPS) is 17.2. The number of hydrogen-bond donors (Lipinski definition) is 1. The van der Waals surface area contributed by atoms with E-state index in [0.29, 0.717) is 5.92 Å². The molecule has 1 aromatic heterocycles. The Hall–Kier alpha value is -0.640. The summed E-state index contributed by atoms with van der Waals surface area (Å²) in [6, 6.07) is 10.5. The van der Waals surface area contributed by atoms with Gasteiger partial charge in [0, 0.05) is 14.2 Å². The Bertz CT molecular complexity index is 567. The van der Waals surface area contributed by atoms with Gasteiger partial charge in [0.2, 0.25) is 0 Å². The maximum absolute atomic E-state index is 10.5. The van der Waals surface area contributed by atoms with Gasteiger partial charge in [-0.15, -0.1) is 11.3 Å². The van der Waals surface area contributed by atoms with Crippen molar-refractivity contribution in [2.45, 2.75) is 38.2 Å². The number of thiophene rings is 1. The van der Waals surface area contributed by atoms with Gasteiger partial charge in [-0.25, -0.2) is 0 Å². The van der Waals surface area contributed by atoms with Crippen LogP contribution in [0.5, 0.6) is 0 Å². The molecule has 0 saturated heterocycles. The van der Waals surface area contributed by atoms with E-state index in [1.807, 2.05) is 12.1 Å². The van der Waals surface area contributed by atoms with Gasteiger partial charge in [0.25, 0.3) is 0 Å². The minimum absolute atomic E-state index is 0.505. The number of aryl methyl sites for hydroxylation is 1. The smallest absolute Gasteiger partial charge is 0.113 e. The van der Waals surface area contributed by atoms with Crippen LogP contribution in [0.2, 0.25) is 0 Å². The quantitative estimate of drug-likeness (QED) is 0.819. The first-order valence-electron chi connectivity index (χ1n) is 6.69. The fraction of sp³-hybridized carbons (Fsp3) is 0.375. The van der Waals surface area contributed by atoms with Crippen molar-refractivity contribution in [1.82, 2.24) is 0 Å². The summed E-state index contributed by atoms with van der Waals surface area (Å²) in [5.74, 6) is 0.712. The summed E-state index contributed by atoms with van der Waals surface area (Å²) in [5, 5.41) is 10.5. The molecule has 1 aromatic carbocycles. The van der Waals surface area contributed by atoms with Crippen LogP contribution in [0.4, 0.5) is 0 Å². The van der Waals surface area contributed by atoms with E-state index < -0.39 is 6.10 Å². The SMILES string of the molecule is Cc1sc(C(O)c2cccc(C3CCC3)c2)cc1Br. The number of halogens is 1. The molecule has 3 rings (SSSR count). The van der Waals surface area contributed by atoms with E-state index in [2.05, 4.69) is 41.1 Å². The lowest BCUT2D eigenvalue weighted by molar-refractivity contribution is 0.224. The van der Waals surface area contributed by atoms with Crippen molar-refractivity contribution in [3.63, 3.8) is 0 Å². The van der Waals surface area contributed by atoms with Crippen molar-refractivity contribution in [2.24, 2.45) is 0 Å². The Morgan fingerprint density at radius 3 is 2.68 bits per heavy atom. The fourth-order valence-electron chi connectivity index (χ4n) is 2.51. The zero-order chi connectivity index (χ0) is 13.4. The monoisotopic (exact) mass is 336 g/mol. The molecule has 1 N–H and O–H groups in total. The van der Waals surface area contributed by atoms with Crippen LogP contribution in [0, 0.1) is 6.92 Å². The number of benzene rings is 1. The highest BCUT2D eigenvalue weighted by atomic mass is 79.9. The Morgan fingerprint density at radius 1 is 1.32 bits per heavy atom. The lowest BCUT2D eigenvalue weighted by atomic mass is 9.79. The van der Waals surface area contributed by atoms with Crippen LogP contribution in [-0.2, 0) is 0 Å². The van der Waals surface area contributed by atoms with E-state index in [1.54, 1.807) is 11.3 Å². The van der Waals surface area contributed by atoms with Gasteiger partial charge in [-0.1, -0.05) is 30.7 Å². The second-order valence-electron chi connectivity index (χ2n) is 5.25. The summed E-state index contributed by atoms with van der Waals surface area (Å²) >= 11 is 5.17. The largest absolute Gasteiger partial charge is 0.383 e. The predicted octanol–water partition coefficient (Wildman–Crippen LogP) is 5.17. The molecule has 1 heterocycles. The van der Waals surface area contributed by atoms with Crippen molar-refractivity contribution in [1.29, 1.82) is 0 Å². The molecule has 0 aliphatic heterocycles. The lowest BCUT2D eigenvalue weighted by Gasteiger charge is -2.26. The van der Waals surface area contributed by atoms with Gasteiger partial charge in [0.1, 0.15) is 6.10 Å². The van der Waals surface area contributed by atoms with E-state index in [0.717, 1.165) is 14.9 Å². The summed E-state index contributed by atoms with van der Waals surface area (Å²) in [6.07, 6.45) is 3.43. The van der Waals surface area contributed by atoms with Gasteiger partial charge in [-0.3, -0.25) is 0 Å². The molecule has 19 heavy (non-hydrogen) atoms. The molecule has 1 aliphatic carbocycles. The molecule has 1 atom stereocenters. The van der Waals surface area contributed by atoms with Crippen LogP contribution < -0.4 is 0 Å². The van der Waals surface area contributed by atoms with E-state index in [1.165, 1.54) is 29.7 Å². The van der Waals surface area contributed by atoms with Gasteiger partial charge in [-0.05, 0) is 58.8 Å². The van der Waals surface area contributed by atoms with Gasteiger partial charge >= 0.3 is 0 Å². The summed E-state index contributed by atoms with van der Waals surface area (Å²) in [5.41, 5.74) is 2.40. The van der Waals surface area contributed by atoms with Crippen LogP contribution >= 0.6 is 27.3 Å². The minimum atomic E-state index is -0.505. The molecular formula is C16H17BrOS. The van der Waals surface area contributed by atoms with E-state index in [9.17, 15) is 5.11 Å². The number of rotatable bonds is 3. The van der Waals surface area contributed by atoms with Crippen LogP contribution in [0.15, 0.2) is 34.8 Å². The molecule has 0 bridgehead atoms. The molecular weight excluding hydrogens is 320 g/mol. The van der Waals surface area contributed by atoms with Gasteiger partial charge in [0.15, 0.2) is 0 Å².